The highest BCUT2D eigenvalue weighted by atomic mass is 32.1. The minimum Gasteiger partial charge on any atom is -0.396 e. The second kappa shape index (κ2) is 6.68. The van der Waals surface area contributed by atoms with Crippen LogP contribution in [0.5, 0.6) is 0 Å². The Hall–Kier alpha value is -1.40. The highest BCUT2D eigenvalue weighted by Gasteiger charge is 2.29. The van der Waals surface area contributed by atoms with Crippen molar-refractivity contribution in [2.24, 2.45) is 5.92 Å². The van der Waals surface area contributed by atoms with Crippen LogP contribution >= 0.6 is 11.3 Å². The van der Waals surface area contributed by atoms with Gasteiger partial charge in [0.05, 0.1) is 4.88 Å². The number of thiophene rings is 1. The molecule has 19 heavy (non-hydrogen) atoms. The van der Waals surface area contributed by atoms with Crippen molar-refractivity contribution in [2.75, 3.05) is 26.2 Å². The molecular weight excluding hydrogens is 264 g/mol. The number of aliphatic hydroxyl groups is 1. The Morgan fingerprint density at radius 3 is 2.89 bits per heavy atom. The summed E-state index contributed by atoms with van der Waals surface area (Å²) in [5.41, 5.74) is 0. The molecule has 1 aromatic rings. The van der Waals surface area contributed by atoms with Crippen molar-refractivity contribution in [3.8, 4) is 0 Å². The lowest BCUT2D eigenvalue weighted by atomic mass is 10.0. The van der Waals surface area contributed by atoms with Crippen molar-refractivity contribution < 1.29 is 14.7 Å². The van der Waals surface area contributed by atoms with Gasteiger partial charge in [-0.2, -0.15) is 0 Å². The van der Waals surface area contributed by atoms with Crippen LogP contribution in [-0.2, 0) is 4.79 Å². The van der Waals surface area contributed by atoms with Gasteiger partial charge in [0.15, 0.2) is 0 Å². The first-order chi connectivity index (χ1) is 9.20. The lowest BCUT2D eigenvalue weighted by Crippen LogP contribution is -2.51. The molecule has 0 unspecified atom stereocenters. The summed E-state index contributed by atoms with van der Waals surface area (Å²) in [6.45, 7) is 1.99. The number of rotatable bonds is 6. The maximum absolute atomic E-state index is 11.7. The summed E-state index contributed by atoms with van der Waals surface area (Å²) in [6.07, 6.45) is 1.10. The molecule has 0 radical (unpaired) electrons. The van der Waals surface area contributed by atoms with Crippen LogP contribution in [0.2, 0.25) is 0 Å². The minimum absolute atomic E-state index is 0.0771. The second-order valence-corrected chi connectivity index (χ2v) is 5.63. The van der Waals surface area contributed by atoms with Gasteiger partial charge in [0, 0.05) is 38.6 Å². The highest BCUT2D eigenvalue weighted by molar-refractivity contribution is 7.12. The predicted molar refractivity (Wildman–Crippen MR) is 73.0 cm³/mol. The Labute approximate surface area is 116 Å². The summed E-state index contributed by atoms with van der Waals surface area (Å²) in [4.78, 5) is 25.7. The molecule has 2 amide bonds. The van der Waals surface area contributed by atoms with Gasteiger partial charge in [0.25, 0.3) is 5.91 Å². The first-order valence-electron chi connectivity index (χ1n) is 6.41. The third-order valence-corrected chi connectivity index (χ3v) is 4.03. The molecule has 2 rings (SSSR count). The van der Waals surface area contributed by atoms with Crippen molar-refractivity contribution in [3.63, 3.8) is 0 Å². The van der Waals surface area contributed by atoms with Crippen LogP contribution in [0.15, 0.2) is 17.5 Å². The molecule has 1 aliphatic heterocycles. The van der Waals surface area contributed by atoms with Gasteiger partial charge in [0.1, 0.15) is 0 Å². The molecule has 1 saturated heterocycles. The summed E-state index contributed by atoms with van der Waals surface area (Å²) in [7, 11) is 0. The van der Waals surface area contributed by atoms with E-state index in [1.165, 1.54) is 11.3 Å². The molecule has 2 heterocycles. The summed E-state index contributed by atoms with van der Waals surface area (Å²) < 4.78 is 0. The van der Waals surface area contributed by atoms with E-state index in [4.69, 9.17) is 5.11 Å². The molecule has 5 nitrogen and oxygen atoms in total. The van der Waals surface area contributed by atoms with E-state index in [1.54, 1.807) is 11.0 Å². The van der Waals surface area contributed by atoms with Crippen molar-refractivity contribution in [1.29, 1.82) is 0 Å². The molecular formula is C13H18N2O3S. The van der Waals surface area contributed by atoms with Gasteiger partial charge in [-0.15, -0.1) is 11.3 Å². The molecule has 0 saturated carbocycles. The molecule has 1 aliphatic rings. The number of carbonyl (C=O) groups excluding carboxylic acids is 2. The van der Waals surface area contributed by atoms with Gasteiger partial charge >= 0.3 is 0 Å². The van der Waals surface area contributed by atoms with Crippen LogP contribution in [-0.4, -0.2) is 48.1 Å². The maximum Gasteiger partial charge on any atom is 0.261 e. The average molecular weight is 282 g/mol. The summed E-state index contributed by atoms with van der Waals surface area (Å²) in [6, 6.07) is 3.62. The summed E-state index contributed by atoms with van der Waals surface area (Å²) in [5, 5.41) is 13.5. The van der Waals surface area contributed by atoms with Crippen LogP contribution in [0.25, 0.3) is 0 Å². The van der Waals surface area contributed by atoms with Gasteiger partial charge < -0.3 is 15.3 Å². The molecule has 0 aliphatic carbocycles. The third-order valence-electron chi connectivity index (χ3n) is 3.17. The van der Waals surface area contributed by atoms with Crippen molar-refractivity contribution in [3.05, 3.63) is 22.4 Å². The lowest BCUT2D eigenvalue weighted by molar-refractivity contribution is -0.138. The average Bonchev–Trinajstić information content (AvgIpc) is 2.87. The molecule has 0 atom stereocenters. The number of hydrogen-bond acceptors (Lipinski definition) is 4. The number of carbonyl (C=O) groups is 2. The monoisotopic (exact) mass is 282 g/mol. The zero-order valence-electron chi connectivity index (χ0n) is 10.7. The number of nitrogens with zero attached hydrogens (tertiary/aromatic N) is 1. The molecule has 104 valence electrons. The number of nitrogens with one attached hydrogen (secondary N) is 1. The fourth-order valence-corrected chi connectivity index (χ4v) is 2.62. The normalized spacial score (nSPS) is 15.1. The lowest BCUT2D eigenvalue weighted by Gasteiger charge is -2.38. The van der Waals surface area contributed by atoms with Crippen LogP contribution in [0.4, 0.5) is 0 Å². The number of amides is 2. The quantitative estimate of drug-likeness (QED) is 0.755. The van der Waals surface area contributed by atoms with E-state index in [1.807, 2.05) is 11.4 Å². The number of aliphatic hydroxyl groups excluding tert-OH is 1. The van der Waals surface area contributed by atoms with E-state index >= 15 is 0 Å². The van der Waals surface area contributed by atoms with Gasteiger partial charge in [-0.3, -0.25) is 9.59 Å². The molecule has 0 spiro atoms. The topological polar surface area (TPSA) is 69.6 Å². The van der Waals surface area contributed by atoms with Crippen molar-refractivity contribution in [2.45, 2.75) is 12.8 Å². The molecule has 0 bridgehead atoms. The molecule has 6 heteroatoms. The van der Waals surface area contributed by atoms with Crippen molar-refractivity contribution in [1.82, 2.24) is 10.2 Å². The largest absolute Gasteiger partial charge is 0.396 e. The molecule has 1 aromatic heterocycles. The van der Waals surface area contributed by atoms with E-state index in [0.717, 1.165) is 0 Å². The van der Waals surface area contributed by atoms with Gasteiger partial charge in [-0.25, -0.2) is 0 Å². The smallest absolute Gasteiger partial charge is 0.261 e. The zero-order chi connectivity index (χ0) is 13.7. The first kappa shape index (κ1) is 14.0. The standard InChI is InChI=1S/C13H18N2O3S/c16-9-10-7-15(8-10)12(17)4-1-5-14-13(18)11-3-2-6-19-11/h2-3,6,10,16H,1,4-5,7-9H2,(H,14,18). The first-order valence-corrected chi connectivity index (χ1v) is 7.29. The Morgan fingerprint density at radius 2 is 2.26 bits per heavy atom. The van der Waals surface area contributed by atoms with E-state index in [2.05, 4.69) is 5.32 Å². The number of likely N-dealkylation sites (tertiary alicyclic amines) is 1. The van der Waals surface area contributed by atoms with E-state index in [-0.39, 0.29) is 24.3 Å². The Bertz CT molecular complexity index is 427. The van der Waals surface area contributed by atoms with Gasteiger partial charge in [-0.05, 0) is 17.9 Å². The highest BCUT2D eigenvalue weighted by Crippen LogP contribution is 2.16. The van der Waals surface area contributed by atoms with Crippen LogP contribution in [0, 0.1) is 5.92 Å². The minimum atomic E-state index is -0.0771. The van der Waals surface area contributed by atoms with Crippen LogP contribution in [0.1, 0.15) is 22.5 Å². The summed E-state index contributed by atoms with van der Waals surface area (Å²) >= 11 is 1.40. The SMILES string of the molecule is O=C(NCCCC(=O)N1CC(CO)C1)c1cccs1. The van der Waals surface area contributed by atoms with Crippen LogP contribution < -0.4 is 5.32 Å². The Morgan fingerprint density at radius 1 is 1.47 bits per heavy atom. The van der Waals surface area contributed by atoms with E-state index < -0.39 is 0 Å². The Balaban J connectivity index is 1.57. The van der Waals surface area contributed by atoms with E-state index in [0.29, 0.717) is 37.4 Å². The fourth-order valence-electron chi connectivity index (χ4n) is 1.98. The van der Waals surface area contributed by atoms with E-state index in [9.17, 15) is 9.59 Å². The molecule has 2 N–H and O–H groups in total. The number of hydrogen-bond donors (Lipinski definition) is 2. The molecule has 0 aromatic carbocycles. The van der Waals surface area contributed by atoms with Gasteiger partial charge in [-0.1, -0.05) is 6.07 Å². The predicted octanol–water partition coefficient (Wildman–Crippen LogP) is 0.709. The maximum atomic E-state index is 11.7. The fraction of sp³-hybridized carbons (Fsp3) is 0.538. The summed E-state index contributed by atoms with van der Waals surface area (Å²) in [5.74, 6) is 0.282. The van der Waals surface area contributed by atoms with Gasteiger partial charge in [0.2, 0.25) is 5.91 Å². The van der Waals surface area contributed by atoms with Crippen molar-refractivity contribution >= 4 is 23.2 Å². The van der Waals surface area contributed by atoms with Crippen LogP contribution in [0.3, 0.4) is 0 Å². The zero-order valence-corrected chi connectivity index (χ0v) is 11.5. The molecule has 1 fully saturated rings. The second-order valence-electron chi connectivity index (χ2n) is 4.68. The third kappa shape index (κ3) is 3.78. The Kier molecular flexibility index (Phi) is 4.93.